The number of benzene rings is 1. The van der Waals surface area contributed by atoms with Crippen LogP contribution in [0.2, 0.25) is 0 Å². The zero-order valence-electron chi connectivity index (χ0n) is 14.6. The van der Waals surface area contributed by atoms with Crippen molar-refractivity contribution in [2.45, 2.75) is 29.7 Å². The number of anilines is 2. The van der Waals surface area contributed by atoms with Crippen molar-refractivity contribution in [1.82, 2.24) is 9.97 Å². The van der Waals surface area contributed by atoms with Gasteiger partial charge in [0.25, 0.3) is 0 Å². The largest absolute Gasteiger partial charge is 0.445 e. The van der Waals surface area contributed by atoms with Crippen LogP contribution < -0.4 is 10.6 Å². The van der Waals surface area contributed by atoms with Crippen LogP contribution in [0.4, 0.5) is 10.8 Å². The van der Waals surface area contributed by atoms with Gasteiger partial charge < -0.3 is 15.1 Å². The van der Waals surface area contributed by atoms with Crippen molar-refractivity contribution >= 4 is 39.8 Å². The van der Waals surface area contributed by atoms with Crippen molar-refractivity contribution in [2.24, 2.45) is 0 Å². The van der Waals surface area contributed by atoms with Crippen molar-refractivity contribution in [1.29, 1.82) is 0 Å². The lowest BCUT2D eigenvalue weighted by atomic mass is 10.1. The van der Waals surface area contributed by atoms with Gasteiger partial charge in [0, 0.05) is 19.2 Å². The second kappa shape index (κ2) is 8.86. The number of thioether (sulfide) groups is 1. The number of hydrogen-bond acceptors (Lipinski definition) is 7. The summed E-state index contributed by atoms with van der Waals surface area (Å²) in [5.41, 5.74) is 1.98. The minimum absolute atomic E-state index is 0.0756. The van der Waals surface area contributed by atoms with Crippen LogP contribution in [0.25, 0.3) is 0 Å². The molecule has 0 radical (unpaired) electrons. The molecule has 0 fully saturated rings. The van der Waals surface area contributed by atoms with Gasteiger partial charge in [0.15, 0.2) is 5.13 Å². The summed E-state index contributed by atoms with van der Waals surface area (Å²) >= 11 is 3.04. The average Bonchev–Trinajstić information content (AvgIpc) is 3.29. The van der Waals surface area contributed by atoms with Gasteiger partial charge in [-0.25, -0.2) is 9.97 Å². The highest BCUT2D eigenvalue weighted by Gasteiger charge is 2.10. The van der Waals surface area contributed by atoms with Gasteiger partial charge >= 0.3 is 0 Å². The molecule has 0 aliphatic carbocycles. The number of rotatable bonds is 8. The topological polar surface area (TPSA) is 80.0 Å². The first-order valence-corrected chi connectivity index (χ1v) is 10.0. The Labute approximate surface area is 160 Å². The Kier molecular flexibility index (Phi) is 6.30. The molecule has 3 rings (SSSR count). The molecule has 1 aromatic carbocycles. The van der Waals surface area contributed by atoms with Crippen LogP contribution >= 0.6 is 23.1 Å². The van der Waals surface area contributed by atoms with Gasteiger partial charge in [0.05, 0.1) is 28.8 Å². The standard InChI is InChI=1S/C18H20N4O2S2/c1-3-14-9-20-16(24-14)11-25-17-10-21-18(26-17)22-15(23)8-12-4-6-13(19-2)7-5-12/h4-7,9-10,19H,3,8,11H2,1-2H3,(H,21,22,23). The maximum absolute atomic E-state index is 12.2. The predicted octanol–water partition coefficient (Wildman–Crippen LogP) is 4.21. The molecule has 0 aliphatic rings. The summed E-state index contributed by atoms with van der Waals surface area (Å²) in [6, 6.07) is 7.78. The van der Waals surface area contributed by atoms with Gasteiger partial charge in [-0.1, -0.05) is 30.4 Å². The van der Waals surface area contributed by atoms with Crippen molar-refractivity contribution in [3.63, 3.8) is 0 Å². The molecule has 0 aliphatic heterocycles. The van der Waals surface area contributed by atoms with E-state index in [1.807, 2.05) is 38.2 Å². The van der Waals surface area contributed by atoms with Crippen LogP contribution in [0.1, 0.15) is 24.1 Å². The maximum atomic E-state index is 12.2. The van der Waals surface area contributed by atoms with Gasteiger partial charge in [-0.05, 0) is 17.7 Å². The van der Waals surface area contributed by atoms with Gasteiger partial charge in [0.1, 0.15) is 5.76 Å². The highest BCUT2D eigenvalue weighted by atomic mass is 32.2. The van der Waals surface area contributed by atoms with Crippen molar-refractivity contribution < 1.29 is 9.21 Å². The molecule has 8 heteroatoms. The number of oxazole rings is 1. The van der Waals surface area contributed by atoms with Gasteiger partial charge in [0.2, 0.25) is 11.8 Å². The molecule has 2 N–H and O–H groups in total. The molecule has 26 heavy (non-hydrogen) atoms. The summed E-state index contributed by atoms with van der Waals surface area (Å²) in [6.45, 7) is 2.03. The number of hydrogen-bond donors (Lipinski definition) is 2. The van der Waals surface area contributed by atoms with Gasteiger partial charge in [-0.3, -0.25) is 4.79 Å². The fourth-order valence-electron chi connectivity index (χ4n) is 2.23. The number of aromatic nitrogens is 2. The molecular weight excluding hydrogens is 368 g/mol. The SMILES string of the molecule is CCc1cnc(CSc2cnc(NC(=O)Cc3ccc(NC)cc3)s2)o1. The molecule has 0 saturated heterocycles. The van der Waals surface area contributed by atoms with E-state index in [1.165, 1.54) is 11.3 Å². The van der Waals surface area contributed by atoms with Crippen LogP contribution in [-0.4, -0.2) is 22.9 Å². The number of thiazole rings is 1. The highest BCUT2D eigenvalue weighted by Crippen LogP contribution is 2.30. The summed E-state index contributed by atoms with van der Waals surface area (Å²) in [6.07, 6.45) is 4.68. The van der Waals surface area contributed by atoms with E-state index in [0.29, 0.717) is 23.2 Å². The van der Waals surface area contributed by atoms with Crippen LogP contribution in [0.5, 0.6) is 0 Å². The molecule has 0 saturated carbocycles. The fraction of sp³-hybridized carbons (Fsp3) is 0.278. The summed E-state index contributed by atoms with van der Waals surface area (Å²) in [4.78, 5) is 20.7. The average molecular weight is 389 g/mol. The molecule has 2 heterocycles. The lowest BCUT2D eigenvalue weighted by Crippen LogP contribution is -2.14. The van der Waals surface area contributed by atoms with Gasteiger partial charge in [-0.2, -0.15) is 0 Å². The Bertz CT molecular complexity index is 858. The van der Waals surface area contributed by atoms with Crippen LogP contribution in [0, 0.1) is 0 Å². The zero-order valence-corrected chi connectivity index (χ0v) is 16.2. The Morgan fingerprint density at radius 2 is 2.04 bits per heavy atom. The Balaban J connectivity index is 1.49. The van der Waals surface area contributed by atoms with Crippen LogP contribution in [-0.2, 0) is 23.4 Å². The molecule has 3 aromatic rings. The van der Waals surface area contributed by atoms with E-state index in [0.717, 1.165) is 27.6 Å². The normalized spacial score (nSPS) is 10.7. The van der Waals surface area contributed by atoms with Gasteiger partial charge in [-0.15, -0.1) is 11.8 Å². The first-order chi connectivity index (χ1) is 12.7. The third-order valence-corrected chi connectivity index (χ3v) is 5.72. The Morgan fingerprint density at radius 3 is 2.73 bits per heavy atom. The third kappa shape index (κ3) is 5.09. The van der Waals surface area contributed by atoms with E-state index in [1.54, 1.807) is 24.2 Å². The number of nitrogens with zero attached hydrogens (tertiary/aromatic N) is 2. The molecule has 0 spiro atoms. The quantitative estimate of drug-likeness (QED) is 0.563. The summed E-state index contributed by atoms with van der Waals surface area (Å²) in [5.74, 6) is 2.16. The fourth-order valence-corrected chi connectivity index (χ4v) is 3.98. The molecule has 136 valence electrons. The Hall–Kier alpha value is -2.32. The molecule has 6 nitrogen and oxygen atoms in total. The summed E-state index contributed by atoms with van der Waals surface area (Å²) in [5, 5.41) is 6.51. The van der Waals surface area contributed by atoms with Crippen molar-refractivity contribution in [2.75, 3.05) is 17.7 Å². The van der Waals surface area contributed by atoms with Crippen LogP contribution in [0.15, 0.2) is 45.3 Å². The summed E-state index contributed by atoms with van der Waals surface area (Å²) in [7, 11) is 1.87. The number of nitrogens with one attached hydrogen (secondary N) is 2. The third-order valence-electron chi connectivity index (χ3n) is 3.63. The van der Waals surface area contributed by atoms with E-state index >= 15 is 0 Å². The first-order valence-electron chi connectivity index (χ1n) is 8.25. The Morgan fingerprint density at radius 1 is 1.23 bits per heavy atom. The lowest BCUT2D eigenvalue weighted by molar-refractivity contribution is -0.115. The lowest BCUT2D eigenvalue weighted by Gasteiger charge is -2.04. The second-order valence-corrected chi connectivity index (χ2v) is 7.83. The van der Waals surface area contributed by atoms with E-state index in [-0.39, 0.29) is 5.91 Å². The number of aryl methyl sites for hydroxylation is 1. The van der Waals surface area contributed by atoms with E-state index < -0.39 is 0 Å². The minimum atomic E-state index is -0.0756. The monoisotopic (exact) mass is 388 g/mol. The number of carbonyl (C=O) groups is 1. The van der Waals surface area contributed by atoms with E-state index in [4.69, 9.17) is 4.42 Å². The number of carbonyl (C=O) groups excluding carboxylic acids is 1. The smallest absolute Gasteiger partial charge is 0.230 e. The van der Waals surface area contributed by atoms with Crippen molar-refractivity contribution in [3.8, 4) is 0 Å². The molecular formula is C18H20N4O2S2. The molecule has 2 aromatic heterocycles. The molecule has 0 atom stereocenters. The van der Waals surface area contributed by atoms with E-state index in [2.05, 4.69) is 20.6 Å². The highest BCUT2D eigenvalue weighted by molar-refractivity contribution is 8.00. The number of amides is 1. The second-order valence-electron chi connectivity index (χ2n) is 5.52. The van der Waals surface area contributed by atoms with E-state index in [9.17, 15) is 4.79 Å². The summed E-state index contributed by atoms with van der Waals surface area (Å²) < 4.78 is 6.60. The molecule has 0 bridgehead atoms. The zero-order chi connectivity index (χ0) is 18.4. The van der Waals surface area contributed by atoms with Crippen molar-refractivity contribution in [3.05, 3.63) is 53.9 Å². The minimum Gasteiger partial charge on any atom is -0.445 e. The molecule has 0 unspecified atom stereocenters. The molecule has 1 amide bonds. The maximum Gasteiger partial charge on any atom is 0.230 e. The first kappa shape index (κ1) is 18.5. The van der Waals surface area contributed by atoms with Crippen LogP contribution in [0.3, 0.4) is 0 Å². The predicted molar refractivity (Wildman–Crippen MR) is 106 cm³/mol.